The number of hydrogen-bond donors (Lipinski definition) is 2. The van der Waals surface area contributed by atoms with E-state index < -0.39 is 6.10 Å². The summed E-state index contributed by atoms with van der Waals surface area (Å²) in [5.41, 5.74) is 7.87. The molecular formula is C15H27N3O. The summed E-state index contributed by atoms with van der Waals surface area (Å²) in [6.07, 6.45) is 6.78. The molecule has 1 heterocycles. The summed E-state index contributed by atoms with van der Waals surface area (Å²) in [7, 11) is 1.91. The van der Waals surface area contributed by atoms with Crippen LogP contribution >= 0.6 is 0 Å². The number of aryl methyl sites for hydroxylation is 2. The number of rotatable bonds is 4. The molecule has 0 aromatic carbocycles. The maximum absolute atomic E-state index is 10.9. The molecule has 1 aromatic rings. The van der Waals surface area contributed by atoms with Crippen LogP contribution in [0.4, 0.5) is 0 Å². The summed E-state index contributed by atoms with van der Waals surface area (Å²) < 4.78 is 1.80. The number of aliphatic hydroxyl groups excluding tert-OH is 1. The zero-order chi connectivity index (χ0) is 14.0. The molecule has 0 spiro atoms. The second-order valence-corrected chi connectivity index (χ2v) is 6.23. The third-order valence-electron chi connectivity index (χ3n) is 4.68. The maximum Gasteiger partial charge on any atom is 0.0891 e. The van der Waals surface area contributed by atoms with E-state index >= 15 is 0 Å². The van der Waals surface area contributed by atoms with E-state index in [-0.39, 0.29) is 5.41 Å². The lowest BCUT2D eigenvalue weighted by molar-refractivity contribution is -0.0135. The summed E-state index contributed by atoms with van der Waals surface area (Å²) in [6, 6.07) is 0. The summed E-state index contributed by atoms with van der Waals surface area (Å²) >= 11 is 0. The molecule has 1 aliphatic rings. The molecular weight excluding hydrogens is 238 g/mol. The summed E-state index contributed by atoms with van der Waals surface area (Å²) in [5.74, 6) is 0.647. The van der Waals surface area contributed by atoms with Gasteiger partial charge in [-0.3, -0.25) is 4.68 Å². The lowest BCUT2D eigenvalue weighted by Gasteiger charge is -2.42. The molecule has 0 radical (unpaired) electrons. The third kappa shape index (κ3) is 2.70. The largest absolute Gasteiger partial charge is 0.388 e. The highest BCUT2D eigenvalue weighted by Gasteiger charge is 2.42. The van der Waals surface area contributed by atoms with Crippen LogP contribution in [0.15, 0.2) is 6.20 Å². The van der Waals surface area contributed by atoms with Crippen molar-refractivity contribution in [3.8, 4) is 0 Å². The van der Waals surface area contributed by atoms with Crippen LogP contribution in [0.25, 0.3) is 0 Å². The van der Waals surface area contributed by atoms with Crippen LogP contribution in [0, 0.1) is 11.3 Å². The summed E-state index contributed by atoms with van der Waals surface area (Å²) in [5, 5.41) is 15.4. The SMILES string of the molecule is CCc1nn(C)cc1C(O)C1(CN)CCCC(C)C1. The van der Waals surface area contributed by atoms with Gasteiger partial charge in [0.1, 0.15) is 0 Å². The quantitative estimate of drug-likeness (QED) is 0.877. The minimum atomic E-state index is -0.483. The molecule has 2 rings (SSSR count). The first-order valence-electron chi connectivity index (χ1n) is 7.43. The molecule has 108 valence electrons. The molecule has 4 nitrogen and oxygen atoms in total. The molecule has 1 fully saturated rings. The van der Waals surface area contributed by atoms with Crippen molar-refractivity contribution < 1.29 is 5.11 Å². The Kier molecular flexibility index (Phi) is 4.31. The first-order valence-corrected chi connectivity index (χ1v) is 7.43. The van der Waals surface area contributed by atoms with Crippen LogP contribution in [0.2, 0.25) is 0 Å². The minimum Gasteiger partial charge on any atom is -0.388 e. The van der Waals surface area contributed by atoms with Crippen LogP contribution < -0.4 is 5.73 Å². The highest BCUT2D eigenvalue weighted by Crippen LogP contribution is 2.47. The van der Waals surface area contributed by atoms with Crippen LogP contribution in [-0.4, -0.2) is 21.4 Å². The Labute approximate surface area is 116 Å². The number of hydrogen-bond acceptors (Lipinski definition) is 3. The van der Waals surface area contributed by atoms with Crippen molar-refractivity contribution in [3.63, 3.8) is 0 Å². The number of nitrogens with zero attached hydrogens (tertiary/aromatic N) is 2. The van der Waals surface area contributed by atoms with Gasteiger partial charge in [0.05, 0.1) is 11.8 Å². The van der Waals surface area contributed by atoms with E-state index in [2.05, 4.69) is 18.9 Å². The Bertz CT molecular complexity index is 429. The minimum absolute atomic E-state index is 0.162. The predicted molar refractivity (Wildman–Crippen MR) is 76.7 cm³/mol. The van der Waals surface area contributed by atoms with Crippen molar-refractivity contribution in [2.24, 2.45) is 24.1 Å². The van der Waals surface area contributed by atoms with Gasteiger partial charge in [-0.2, -0.15) is 5.10 Å². The Balaban J connectivity index is 2.31. The molecule has 0 aliphatic heterocycles. The van der Waals surface area contributed by atoms with Gasteiger partial charge in [0.15, 0.2) is 0 Å². The highest BCUT2D eigenvalue weighted by molar-refractivity contribution is 5.23. The van der Waals surface area contributed by atoms with Gasteiger partial charge in [-0.25, -0.2) is 0 Å². The Morgan fingerprint density at radius 2 is 2.37 bits per heavy atom. The summed E-state index contributed by atoms with van der Waals surface area (Å²) in [6.45, 7) is 4.90. The van der Waals surface area contributed by atoms with E-state index in [0.717, 1.165) is 36.9 Å². The molecule has 3 N–H and O–H groups in total. The first kappa shape index (κ1) is 14.5. The van der Waals surface area contributed by atoms with E-state index in [1.54, 1.807) is 4.68 Å². The van der Waals surface area contributed by atoms with Gasteiger partial charge >= 0.3 is 0 Å². The van der Waals surface area contributed by atoms with Gasteiger partial charge in [-0.15, -0.1) is 0 Å². The zero-order valence-electron chi connectivity index (χ0n) is 12.4. The molecule has 0 amide bonds. The van der Waals surface area contributed by atoms with Gasteiger partial charge in [0.25, 0.3) is 0 Å². The third-order valence-corrected chi connectivity index (χ3v) is 4.68. The number of aromatic nitrogens is 2. The van der Waals surface area contributed by atoms with Crippen LogP contribution in [0.3, 0.4) is 0 Å². The topological polar surface area (TPSA) is 64.1 Å². The van der Waals surface area contributed by atoms with Crippen LogP contribution in [-0.2, 0) is 13.5 Å². The second-order valence-electron chi connectivity index (χ2n) is 6.23. The molecule has 4 heteroatoms. The van der Waals surface area contributed by atoms with Crippen molar-refractivity contribution in [1.29, 1.82) is 0 Å². The van der Waals surface area contributed by atoms with Crippen molar-refractivity contribution in [2.45, 2.75) is 52.1 Å². The average molecular weight is 265 g/mol. The van der Waals surface area contributed by atoms with Crippen molar-refractivity contribution in [1.82, 2.24) is 9.78 Å². The van der Waals surface area contributed by atoms with E-state index in [0.29, 0.717) is 12.5 Å². The number of nitrogens with two attached hydrogens (primary N) is 1. The van der Waals surface area contributed by atoms with E-state index in [4.69, 9.17) is 5.73 Å². The first-order chi connectivity index (χ1) is 9.02. The van der Waals surface area contributed by atoms with Crippen LogP contribution in [0.1, 0.15) is 56.9 Å². The molecule has 1 saturated carbocycles. The highest BCUT2D eigenvalue weighted by atomic mass is 16.3. The van der Waals surface area contributed by atoms with E-state index in [1.807, 2.05) is 13.2 Å². The second kappa shape index (κ2) is 5.63. The fourth-order valence-corrected chi connectivity index (χ4v) is 3.63. The Morgan fingerprint density at radius 3 is 2.95 bits per heavy atom. The predicted octanol–water partition coefficient (Wildman–Crippen LogP) is 2.17. The molecule has 3 atom stereocenters. The van der Waals surface area contributed by atoms with E-state index in [9.17, 15) is 5.11 Å². The molecule has 0 bridgehead atoms. The lowest BCUT2D eigenvalue weighted by Crippen LogP contribution is -2.40. The average Bonchev–Trinajstić information content (AvgIpc) is 2.78. The monoisotopic (exact) mass is 265 g/mol. The summed E-state index contributed by atoms with van der Waals surface area (Å²) in [4.78, 5) is 0. The van der Waals surface area contributed by atoms with Crippen molar-refractivity contribution in [2.75, 3.05) is 6.54 Å². The molecule has 1 aliphatic carbocycles. The molecule has 1 aromatic heterocycles. The van der Waals surface area contributed by atoms with Gasteiger partial charge in [-0.1, -0.05) is 26.7 Å². The Hall–Kier alpha value is -0.870. The fraction of sp³-hybridized carbons (Fsp3) is 0.800. The zero-order valence-corrected chi connectivity index (χ0v) is 12.4. The normalized spacial score (nSPS) is 29.4. The Morgan fingerprint density at radius 1 is 1.63 bits per heavy atom. The van der Waals surface area contributed by atoms with Gasteiger partial charge in [0, 0.05) is 30.8 Å². The fourth-order valence-electron chi connectivity index (χ4n) is 3.63. The number of aliphatic hydroxyl groups is 1. The van der Waals surface area contributed by atoms with Gasteiger partial charge < -0.3 is 10.8 Å². The molecule has 0 saturated heterocycles. The molecule has 3 unspecified atom stereocenters. The van der Waals surface area contributed by atoms with Gasteiger partial charge in [-0.05, 0) is 25.2 Å². The smallest absolute Gasteiger partial charge is 0.0891 e. The van der Waals surface area contributed by atoms with Gasteiger partial charge in [0.2, 0.25) is 0 Å². The van der Waals surface area contributed by atoms with Crippen LogP contribution in [0.5, 0.6) is 0 Å². The van der Waals surface area contributed by atoms with Crippen molar-refractivity contribution in [3.05, 3.63) is 17.5 Å². The molecule has 19 heavy (non-hydrogen) atoms. The van der Waals surface area contributed by atoms with Crippen molar-refractivity contribution >= 4 is 0 Å². The van der Waals surface area contributed by atoms with E-state index in [1.165, 1.54) is 6.42 Å². The maximum atomic E-state index is 10.9. The lowest BCUT2D eigenvalue weighted by atomic mass is 9.65. The standard InChI is InChI=1S/C15H27N3O/c1-4-13-12(9-18(3)17-13)14(19)15(10-16)7-5-6-11(2)8-15/h9,11,14,19H,4-8,10,16H2,1-3H3.